The minimum atomic E-state index is -0.241. The van der Waals surface area contributed by atoms with Crippen LogP contribution in [0.2, 0.25) is 5.02 Å². The van der Waals surface area contributed by atoms with E-state index in [-0.39, 0.29) is 11.5 Å². The van der Waals surface area contributed by atoms with Crippen LogP contribution in [0.1, 0.15) is 27.0 Å². The summed E-state index contributed by atoms with van der Waals surface area (Å²) in [7, 11) is 0. The van der Waals surface area contributed by atoms with Crippen molar-refractivity contribution < 1.29 is 4.79 Å². The van der Waals surface area contributed by atoms with Crippen LogP contribution in [-0.4, -0.2) is 17.4 Å². The highest BCUT2D eigenvalue weighted by molar-refractivity contribution is 6.33. The summed E-state index contributed by atoms with van der Waals surface area (Å²) in [5.74, 6) is -0.241. The number of pyridine rings is 1. The number of benzene rings is 2. The molecule has 1 heterocycles. The fraction of sp³-hybridized carbons (Fsp3) is 0.200. The first kappa shape index (κ1) is 17.2. The van der Waals surface area contributed by atoms with Gasteiger partial charge in [0.1, 0.15) is 0 Å². The summed E-state index contributed by atoms with van der Waals surface area (Å²) in [5.41, 5.74) is 4.03. The number of fused-ring (bicyclic) bond motifs is 1. The molecule has 0 aliphatic carbocycles. The van der Waals surface area contributed by atoms with Crippen LogP contribution >= 0.6 is 11.6 Å². The van der Waals surface area contributed by atoms with E-state index in [9.17, 15) is 9.59 Å². The Hall–Kier alpha value is -2.59. The summed E-state index contributed by atoms with van der Waals surface area (Å²) in [6.45, 7) is 4.39. The Morgan fingerprint density at radius 3 is 2.68 bits per heavy atom. The Kier molecular flexibility index (Phi) is 4.91. The van der Waals surface area contributed by atoms with Gasteiger partial charge in [0.05, 0.1) is 10.6 Å². The molecule has 0 bridgehead atoms. The first-order chi connectivity index (χ1) is 12.0. The molecule has 5 heteroatoms. The number of nitrogens with one attached hydrogen (secondary N) is 2. The molecule has 25 heavy (non-hydrogen) atoms. The highest BCUT2D eigenvalue weighted by Crippen LogP contribution is 2.18. The van der Waals surface area contributed by atoms with Gasteiger partial charge in [-0.2, -0.15) is 0 Å². The SMILES string of the molecule is Cc1cc(C)c2cc(CCNC(=O)c3ccccc3Cl)c(=O)[nH]c2c1. The Balaban J connectivity index is 1.75. The molecule has 0 saturated heterocycles. The highest BCUT2D eigenvalue weighted by Gasteiger charge is 2.10. The topological polar surface area (TPSA) is 62.0 Å². The Labute approximate surface area is 150 Å². The summed E-state index contributed by atoms with van der Waals surface area (Å²) in [6, 6.07) is 12.8. The van der Waals surface area contributed by atoms with Gasteiger partial charge in [-0.3, -0.25) is 9.59 Å². The zero-order valence-electron chi connectivity index (χ0n) is 14.2. The second-order valence-electron chi connectivity index (χ2n) is 6.15. The molecule has 0 saturated carbocycles. The lowest BCUT2D eigenvalue weighted by Gasteiger charge is -2.09. The maximum Gasteiger partial charge on any atom is 0.252 e. The number of aromatic amines is 1. The van der Waals surface area contributed by atoms with E-state index < -0.39 is 0 Å². The van der Waals surface area contributed by atoms with Crippen LogP contribution in [0.15, 0.2) is 47.3 Å². The standard InChI is InChI=1S/C20H19ClN2O2/c1-12-9-13(2)16-11-14(19(24)23-18(16)10-12)7-8-22-20(25)15-5-3-4-6-17(15)21/h3-6,9-11H,7-8H2,1-2H3,(H,22,25)(H,23,24). The monoisotopic (exact) mass is 354 g/mol. The number of carbonyl (C=O) groups is 1. The third kappa shape index (κ3) is 3.74. The number of rotatable bonds is 4. The first-order valence-corrected chi connectivity index (χ1v) is 8.49. The lowest BCUT2D eigenvalue weighted by atomic mass is 10.0. The fourth-order valence-corrected chi connectivity index (χ4v) is 3.17. The molecule has 0 radical (unpaired) electrons. The van der Waals surface area contributed by atoms with Crippen LogP contribution in [0.3, 0.4) is 0 Å². The second kappa shape index (κ2) is 7.11. The molecule has 2 N–H and O–H groups in total. The van der Waals surface area contributed by atoms with Crippen LogP contribution < -0.4 is 10.9 Å². The molecular formula is C20H19ClN2O2. The average molecular weight is 355 g/mol. The van der Waals surface area contributed by atoms with E-state index in [0.29, 0.717) is 29.1 Å². The quantitative estimate of drug-likeness (QED) is 0.749. The minimum Gasteiger partial charge on any atom is -0.352 e. The number of hydrogen-bond donors (Lipinski definition) is 2. The van der Waals surface area contributed by atoms with Crippen molar-refractivity contribution in [3.63, 3.8) is 0 Å². The van der Waals surface area contributed by atoms with E-state index in [1.165, 1.54) is 0 Å². The van der Waals surface area contributed by atoms with Crippen molar-refractivity contribution in [1.82, 2.24) is 10.3 Å². The van der Waals surface area contributed by atoms with Gasteiger partial charge >= 0.3 is 0 Å². The third-order valence-electron chi connectivity index (χ3n) is 4.19. The third-order valence-corrected chi connectivity index (χ3v) is 4.52. The molecule has 0 aliphatic rings. The van der Waals surface area contributed by atoms with Crippen molar-refractivity contribution in [1.29, 1.82) is 0 Å². The summed E-state index contributed by atoms with van der Waals surface area (Å²) < 4.78 is 0. The van der Waals surface area contributed by atoms with Gasteiger partial charge in [0.15, 0.2) is 0 Å². The molecule has 0 unspecified atom stereocenters. The molecule has 3 aromatic rings. The van der Waals surface area contributed by atoms with E-state index in [1.54, 1.807) is 24.3 Å². The van der Waals surface area contributed by atoms with Gasteiger partial charge < -0.3 is 10.3 Å². The number of halogens is 1. The van der Waals surface area contributed by atoms with Crippen LogP contribution in [0.25, 0.3) is 10.9 Å². The van der Waals surface area contributed by atoms with Crippen molar-refractivity contribution in [2.75, 3.05) is 6.54 Å². The number of amides is 1. The van der Waals surface area contributed by atoms with Gasteiger partial charge in [0.2, 0.25) is 0 Å². The minimum absolute atomic E-state index is 0.121. The molecule has 1 amide bonds. The van der Waals surface area contributed by atoms with Crippen molar-refractivity contribution in [2.24, 2.45) is 0 Å². The molecular weight excluding hydrogens is 336 g/mol. The van der Waals surface area contributed by atoms with Gasteiger partial charge in [-0.1, -0.05) is 29.8 Å². The molecule has 0 fully saturated rings. The normalized spacial score (nSPS) is 10.8. The largest absolute Gasteiger partial charge is 0.352 e. The van der Waals surface area contributed by atoms with Gasteiger partial charge in [-0.05, 0) is 55.7 Å². The first-order valence-electron chi connectivity index (χ1n) is 8.11. The molecule has 0 spiro atoms. The van der Waals surface area contributed by atoms with Crippen LogP contribution in [0.4, 0.5) is 0 Å². The lowest BCUT2D eigenvalue weighted by Crippen LogP contribution is -2.27. The van der Waals surface area contributed by atoms with Gasteiger partial charge in [-0.15, -0.1) is 0 Å². The van der Waals surface area contributed by atoms with Crippen molar-refractivity contribution in [3.8, 4) is 0 Å². The van der Waals surface area contributed by atoms with Crippen LogP contribution in [-0.2, 0) is 6.42 Å². The average Bonchev–Trinajstić information content (AvgIpc) is 2.56. The predicted octanol–water partition coefficient (Wildman–Crippen LogP) is 3.77. The molecule has 3 rings (SSSR count). The van der Waals surface area contributed by atoms with E-state index in [4.69, 9.17) is 11.6 Å². The summed E-state index contributed by atoms with van der Waals surface area (Å²) in [5, 5.41) is 4.25. The molecule has 0 atom stereocenters. The van der Waals surface area contributed by atoms with Crippen LogP contribution in [0, 0.1) is 13.8 Å². The number of hydrogen-bond acceptors (Lipinski definition) is 2. The molecule has 2 aromatic carbocycles. The van der Waals surface area contributed by atoms with E-state index in [1.807, 2.05) is 26.0 Å². The van der Waals surface area contributed by atoms with Crippen molar-refractivity contribution in [2.45, 2.75) is 20.3 Å². The zero-order valence-corrected chi connectivity index (χ0v) is 14.9. The van der Waals surface area contributed by atoms with E-state index in [2.05, 4.69) is 16.4 Å². The summed E-state index contributed by atoms with van der Waals surface area (Å²) in [6.07, 6.45) is 0.453. The summed E-state index contributed by atoms with van der Waals surface area (Å²) in [4.78, 5) is 27.4. The van der Waals surface area contributed by atoms with Crippen LogP contribution in [0.5, 0.6) is 0 Å². The number of carbonyl (C=O) groups excluding carboxylic acids is 1. The van der Waals surface area contributed by atoms with Gasteiger partial charge in [-0.25, -0.2) is 0 Å². The van der Waals surface area contributed by atoms with E-state index >= 15 is 0 Å². The molecule has 128 valence electrons. The number of aromatic nitrogens is 1. The van der Waals surface area contributed by atoms with Crippen molar-refractivity contribution in [3.05, 3.63) is 80.1 Å². The molecule has 1 aromatic heterocycles. The smallest absolute Gasteiger partial charge is 0.252 e. The number of H-pyrrole nitrogens is 1. The Morgan fingerprint density at radius 1 is 1.16 bits per heavy atom. The lowest BCUT2D eigenvalue weighted by molar-refractivity contribution is 0.0954. The Bertz CT molecular complexity index is 1010. The van der Waals surface area contributed by atoms with Gasteiger partial charge in [0.25, 0.3) is 11.5 Å². The second-order valence-corrected chi connectivity index (χ2v) is 6.56. The van der Waals surface area contributed by atoms with Gasteiger partial charge in [0, 0.05) is 23.0 Å². The zero-order chi connectivity index (χ0) is 18.0. The summed E-state index contributed by atoms with van der Waals surface area (Å²) >= 11 is 6.02. The molecule has 4 nitrogen and oxygen atoms in total. The van der Waals surface area contributed by atoms with Crippen molar-refractivity contribution >= 4 is 28.4 Å². The number of aryl methyl sites for hydroxylation is 2. The predicted molar refractivity (Wildman–Crippen MR) is 102 cm³/mol. The highest BCUT2D eigenvalue weighted by atomic mass is 35.5. The Morgan fingerprint density at radius 2 is 1.92 bits per heavy atom. The maximum absolute atomic E-state index is 12.3. The fourth-order valence-electron chi connectivity index (χ4n) is 2.95. The molecule has 0 aliphatic heterocycles. The maximum atomic E-state index is 12.3. The van der Waals surface area contributed by atoms with E-state index in [0.717, 1.165) is 22.0 Å².